The summed E-state index contributed by atoms with van der Waals surface area (Å²) < 4.78 is 29.9. The number of nitrogens with one attached hydrogen (secondary N) is 3. The average Bonchev–Trinajstić information content (AvgIpc) is 2.44. The number of thiazole rings is 1. The van der Waals surface area contributed by atoms with E-state index in [1.54, 1.807) is 16.5 Å². The first-order valence-electron chi connectivity index (χ1n) is 29.8. The van der Waals surface area contributed by atoms with Crippen LogP contribution in [-0.4, -0.2) is 139 Å². The Bertz CT molecular complexity index is 3360. The minimum absolute atomic E-state index is 0.00625. The van der Waals surface area contributed by atoms with E-state index in [4.69, 9.17) is 23.7 Å². The van der Waals surface area contributed by atoms with Crippen LogP contribution in [0.15, 0.2) is 95.2 Å². The Morgan fingerprint density at radius 2 is 1.56 bits per heavy atom. The van der Waals surface area contributed by atoms with E-state index < -0.39 is 24.1 Å². The zero-order valence-electron chi connectivity index (χ0n) is 50.0. The first-order chi connectivity index (χ1) is 41.1. The number of aromatic nitrogens is 2. The Labute approximate surface area is 502 Å². The Hall–Kier alpha value is -7.42. The Morgan fingerprint density at radius 3 is 2.28 bits per heavy atom. The van der Waals surface area contributed by atoms with E-state index >= 15 is 0 Å². The molecule has 3 aliphatic heterocycles. The summed E-state index contributed by atoms with van der Waals surface area (Å²) in [5.41, 5.74) is 12.1. The SMILES string of the molecule is CCN(c1cc(-c2ccc(OCCCCOCCOCCOc3cc(-c4scnc4C)ccc3CNC(=O)[C@@H]3C[C@@H](O)CN3C(=O)[C@H](C(C)C)N3Cc4ccccc4C3=O)cc2)cc(C(=O)NCc2c(C)cc(C)[nH]c2=O)c1C)C1CCOCC1. The van der Waals surface area contributed by atoms with Crippen molar-refractivity contribution in [2.75, 3.05) is 70.8 Å². The van der Waals surface area contributed by atoms with E-state index in [0.717, 1.165) is 98.9 Å². The molecule has 9 rings (SSSR count). The molecule has 4 N–H and O–H groups in total. The second-order valence-electron chi connectivity index (χ2n) is 22.6. The predicted molar refractivity (Wildman–Crippen MR) is 328 cm³/mol. The number of nitrogens with zero attached hydrogens (tertiary/aromatic N) is 4. The summed E-state index contributed by atoms with van der Waals surface area (Å²) in [6.45, 7) is 18.7. The number of aliphatic hydroxyl groups excluding tert-OH is 1. The van der Waals surface area contributed by atoms with Crippen molar-refractivity contribution < 1.29 is 48.0 Å². The molecular weight excluding hydrogens is 1100 g/mol. The molecule has 0 aliphatic carbocycles. The third kappa shape index (κ3) is 15.2. The van der Waals surface area contributed by atoms with Crippen LogP contribution in [0.2, 0.25) is 0 Å². The average molecular weight is 1180 g/mol. The van der Waals surface area contributed by atoms with Gasteiger partial charge >= 0.3 is 0 Å². The number of aryl methyl sites for hydroxylation is 3. The van der Waals surface area contributed by atoms with Gasteiger partial charge in [-0.3, -0.25) is 24.0 Å². The van der Waals surface area contributed by atoms with Gasteiger partial charge in [0.15, 0.2) is 0 Å². The molecule has 4 aromatic carbocycles. The molecule has 0 radical (unpaired) electrons. The van der Waals surface area contributed by atoms with Crippen LogP contribution in [-0.2, 0) is 43.4 Å². The number of β-amino-alcohol motifs (C(OH)–C–C–N with tert-alkyl or cyclic N) is 1. The summed E-state index contributed by atoms with van der Waals surface area (Å²) in [6.07, 6.45) is 2.60. The maximum absolute atomic E-state index is 14.3. The smallest absolute Gasteiger partial charge is 0.255 e. The lowest BCUT2D eigenvalue weighted by Gasteiger charge is -2.37. The molecule has 4 amide bonds. The van der Waals surface area contributed by atoms with Gasteiger partial charge in [-0.1, -0.05) is 56.3 Å². The standard InChI is InChI=1S/C66H81N7O11S/c1-8-71(51-21-25-81-26-22-51)57-33-50(32-55(44(57)6)62(75)68-37-56-42(4)31-43(5)70-63(56)76)46-17-19-53(20-18-46)83-24-12-11-23-80-27-28-82-29-30-84-59-34-47(61-45(7)69-40-85-61)15-16-48(59)36-67-64(77)58-35-52(74)39-72(58)66(79)60(41(2)3)73-38-49-13-9-10-14-54(49)65(73)78/h9-10,13-20,31-34,40-41,51-52,58,60,74H,8,11-12,21-30,35-39H2,1-7H3,(H,67,77)(H,68,75)(H,70,76)/t52-,58+,60+/m1/s1. The molecule has 6 aromatic rings. The fourth-order valence-electron chi connectivity index (χ4n) is 11.8. The molecule has 0 unspecified atom stereocenters. The van der Waals surface area contributed by atoms with Crippen LogP contribution in [0.25, 0.3) is 21.6 Å². The molecule has 19 heteroatoms. The largest absolute Gasteiger partial charge is 0.494 e. The van der Waals surface area contributed by atoms with Gasteiger partial charge in [-0.2, -0.15) is 0 Å². The van der Waals surface area contributed by atoms with Crippen molar-refractivity contribution in [2.24, 2.45) is 5.92 Å². The first-order valence-corrected chi connectivity index (χ1v) is 30.6. The van der Waals surface area contributed by atoms with E-state index in [0.29, 0.717) is 75.2 Å². The number of H-pyrrole nitrogens is 1. The van der Waals surface area contributed by atoms with Crippen molar-refractivity contribution in [3.63, 3.8) is 0 Å². The number of likely N-dealkylation sites (tertiary alicyclic amines) is 1. The van der Waals surface area contributed by atoms with Crippen LogP contribution >= 0.6 is 11.3 Å². The molecule has 0 bridgehead atoms. The van der Waals surface area contributed by atoms with E-state index in [1.165, 1.54) is 16.2 Å². The number of pyridine rings is 1. The Kier molecular flexibility index (Phi) is 21.3. The number of rotatable bonds is 27. The predicted octanol–water partition coefficient (Wildman–Crippen LogP) is 8.86. The summed E-state index contributed by atoms with van der Waals surface area (Å²) in [6, 6.07) is 25.7. The van der Waals surface area contributed by atoms with Crippen molar-refractivity contribution in [1.82, 2.24) is 30.4 Å². The zero-order chi connectivity index (χ0) is 60.1. The number of aliphatic hydroxyl groups is 1. The third-order valence-corrected chi connectivity index (χ3v) is 17.3. The number of fused-ring (bicyclic) bond motifs is 1. The summed E-state index contributed by atoms with van der Waals surface area (Å²) >= 11 is 1.53. The highest BCUT2D eigenvalue weighted by Gasteiger charge is 2.46. The highest BCUT2D eigenvalue weighted by atomic mass is 32.1. The van der Waals surface area contributed by atoms with Crippen molar-refractivity contribution in [2.45, 2.75) is 124 Å². The molecule has 2 fully saturated rings. The van der Waals surface area contributed by atoms with Gasteiger partial charge < -0.3 is 59.1 Å². The first kappa shape index (κ1) is 62.1. The van der Waals surface area contributed by atoms with Gasteiger partial charge in [0.1, 0.15) is 30.2 Å². The van der Waals surface area contributed by atoms with Gasteiger partial charge in [0.2, 0.25) is 11.8 Å². The molecule has 0 saturated carbocycles. The van der Waals surface area contributed by atoms with Gasteiger partial charge in [0.05, 0.1) is 48.6 Å². The highest BCUT2D eigenvalue weighted by Crippen LogP contribution is 2.36. The minimum Gasteiger partial charge on any atom is -0.494 e. The fourth-order valence-corrected chi connectivity index (χ4v) is 12.6. The van der Waals surface area contributed by atoms with Crippen LogP contribution in [0.1, 0.15) is 113 Å². The van der Waals surface area contributed by atoms with Crippen molar-refractivity contribution >= 4 is 40.7 Å². The van der Waals surface area contributed by atoms with Gasteiger partial charge in [-0.15, -0.1) is 11.3 Å². The van der Waals surface area contributed by atoms with Crippen LogP contribution in [0, 0.1) is 33.6 Å². The lowest BCUT2D eigenvalue weighted by Crippen LogP contribution is -2.55. The van der Waals surface area contributed by atoms with Crippen LogP contribution in [0.3, 0.4) is 0 Å². The zero-order valence-corrected chi connectivity index (χ0v) is 50.8. The molecule has 18 nitrogen and oxygen atoms in total. The molecule has 452 valence electrons. The molecule has 3 atom stereocenters. The van der Waals surface area contributed by atoms with Gasteiger partial charge in [-0.25, -0.2) is 4.98 Å². The molecular formula is C66H81N7O11S. The lowest BCUT2D eigenvalue weighted by molar-refractivity contribution is -0.143. The summed E-state index contributed by atoms with van der Waals surface area (Å²) in [5, 5.41) is 16.9. The molecule has 0 spiro atoms. The third-order valence-electron chi connectivity index (χ3n) is 16.3. The minimum atomic E-state index is -0.919. The number of benzene rings is 4. The van der Waals surface area contributed by atoms with Crippen LogP contribution in [0.5, 0.6) is 11.5 Å². The quantitative estimate of drug-likeness (QED) is 0.0355. The summed E-state index contributed by atoms with van der Waals surface area (Å²) in [4.78, 5) is 82.3. The topological polar surface area (TPSA) is 214 Å². The van der Waals surface area contributed by atoms with E-state index in [2.05, 4.69) is 38.5 Å². The van der Waals surface area contributed by atoms with Crippen molar-refractivity contribution in [1.29, 1.82) is 0 Å². The molecule has 85 heavy (non-hydrogen) atoms. The highest BCUT2D eigenvalue weighted by molar-refractivity contribution is 7.13. The number of hydrogen-bond donors (Lipinski definition) is 4. The second kappa shape index (κ2) is 29.1. The number of carbonyl (C=O) groups is 4. The van der Waals surface area contributed by atoms with E-state index in [9.17, 15) is 29.1 Å². The van der Waals surface area contributed by atoms with Gasteiger partial charge in [0.25, 0.3) is 17.4 Å². The number of unbranched alkanes of at least 4 members (excludes halogenated alkanes) is 1. The molecule has 2 aromatic heterocycles. The Balaban J connectivity index is 0.722. The summed E-state index contributed by atoms with van der Waals surface area (Å²) in [7, 11) is 0. The van der Waals surface area contributed by atoms with Crippen LogP contribution < -0.4 is 30.6 Å². The lowest BCUT2D eigenvalue weighted by atomic mass is 9.95. The molecule has 3 aliphatic rings. The van der Waals surface area contributed by atoms with Crippen LogP contribution in [0.4, 0.5) is 5.69 Å². The number of anilines is 1. The number of amides is 4. The molecule has 5 heterocycles. The maximum Gasteiger partial charge on any atom is 0.255 e. The van der Waals surface area contributed by atoms with Gasteiger partial charge in [-0.05, 0) is 142 Å². The fraction of sp³-hybridized carbons (Fsp3) is 0.455. The number of ether oxygens (including phenoxy) is 5. The normalized spacial score (nSPS) is 16.4. The second-order valence-corrected chi connectivity index (χ2v) is 23.4. The Morgan fingerprint density at radius 1 is 0.835 bits per heavy atom. The number of carbonyl (C=O) groups excluding carboxylic acids is 4. The monoisotopic (exact) mass is 1180 g/mol. The molecule has 2 saturated heterocycles. The van der Waals surface area contributed by atoms with Crippen molar-refractivity contribution in [3.05, 3.63) is 151 Å². The van der Waals surface area contributed by atoms with Gasteiger partial charge in [0, 0.05) is 98.6 Å². The van der Waals surface area contributed by atoms with Crippen molar-refractivity contribution in [3.8, 4) is 33.1 Å². The summed E-state index contributed by atoms with van der Waals surface area (Å²) in [5.74, 6) is -0.132. The maximum atomic E-state index is 14.3. The number of aromatic amines is 1. The van der Waals surface area contributed by atoms with E-state index in [1.807, 2.05) is 114 Å². The van der Waals surface area contributed by atoms with E-state index in [-0.39, 0.29) is 67.9 Å². The number of hydrogen-bond acceptors (Lipinski definition) is 14.